The van der Waals surface area contributed by atoms with Gasteiger partial charge in [-0.1, -0.05) is 38.5 Å². The molecule has 0 saturated heterocycles. The highest BCUT2D eigenvalue weighted by Crippen LogP contribution is 2.26. The molecule has 3 N–H and O–H groups in total. The third-order valence-electron chi connectivity index (χ3n) is 4.79. The van der Waals surface area contributed by atoms with E-state index in [2.05, 4.69) is 21.7 Å². The van der Waals surface area contributed by atoms with Crippen molar-refractivity contribution in [2.24, 2.45) is 5.92 Å². The maximum Gasteiger partial charge on any atom is 0.238 e. The van der Waals surface area contributed by atoms with Crippen LogP contribution in [0.4, 0.5) is 0 Å². The first-order chi connectivity index (χ1) is 11.1. The van der Waals surface area contributed by atoms with E-state index < -0.39 is 6.04 Å². The first-order valence-electron chi connectivity index (χ1n) is 8.14. The van der Waals surface area contributed by atoms with Gasteiger partial charge in [-0.15, -0.1) is 0 Å². The summed E-state index contributed by atoms with van der Waals surface area (Å²) >= 11 is 0. The van der Waals surface area contributed by atoms with Crippen molar-refractivity contribution in [1.29, 1.82) is 0 Å². The largest absolute Gasteiger partial charge is 0.357 e. The molecule has 1 aliphatic heterocycles. The molecule has 2 aromatic rings. The van der Waals surface area contributed by atoms with E-state index in [-0.39, 0.29) is 17.9 Å². The summed E-state index contributed by atoms with van der Waals surface area (Å²) < 4.78 is 0. The van der Waals surface area contributed by atoms with Gasteiger partial charge in [0.25, 0.3) is 0 Å². The molecule has 0 aliphatic carbocycles. The number of amides is 1. The number of hydrogen-bond donors (Lipinski definition) is 3. The highest BCUT2D eigenvalue weighted by molar-refractivity contribution is 5.89. The number of aromatic nitrogens is 1. The van der Waals surface area contributed by atoms with Crippen LogP contribution in [0.5, 0.6) is 0 Å². The Balaban J connectivity index is 1.76. The van der Waals surface area contributed by atoms with Crippen LogP contribution >= 0.6 is 0 Å². The zero-order valence-corrected chi connectivity index (χ0v) is 13.5. The average Bonchev–Trinajstić information content (AvgIpc) is 2.96. The first kappa shape index (κ1) is 15.7. The van der Waals surface area contributed by atoms with Gasteiger partial charge in [0.2, 0.25) is 12.2 Å². The minimum atomic E-state index is -0.543. The van der Waals surface area contributed by atoms with E-state index in [9.17, 15) is 9.59 Å². The molecule has 5 heteroatoms. The molecular weight excluding hydrogens is 290 g/mol. The summed E-state index contributed by atoms with van der Waals surface area (Å²) in [6, 6.07) is 7.27. The molecule has 0 fully saturated rings. The summed E-state index contributed by atoms with van der Waals surface area (Å²) in [6.45, 7) is 4.57. The standard InChI is InChI=1S/C18H22N3O2/c1-3-11(2)17(10-22)21-18(23)15-8-13-12-6-4-5-7-14(12)20-16(13)9-19-15/h4-7,11,15,17,19-20H,3,8-9H2,1-2H3,(H,21,23)/t11-,15+,17+/m0/s1. The quantitative estimate of drug-likeness (QED) is 0.788. The van der Waals surface area contributed by atoms with Gasteiger partial charge in [-0.3, -0.25) is 14.9 Å². The summed E-state index contributed by atoms with van der Waals surface area (Å²) in [7, 11) is 0. The molecule has 3 atom stereocenters. The van der Waals surface area contributed by atoms with E-state index >= 15 is 0 Å². The van der Waals surface area contributed by atoms with E-state index in [1.54, 1.807) is 0 Å². The van der Waals surface area contributed by atoms with Gasteiger partial charge >= 0.3 is 0 Å². The molecule has 1 aromatic heterocycles. The molecule has 1 aromatic carbocycles. The van der Waals surface area contributed by atoms with E-state index in [1.807, 2.05) is 38.3 Å². The molecule has 2 heterocycles. The SMILES string of the molecule is CC[C@H](C)[C@@H]([C]=O)NC(=O)[C@H]1Cc2c([nH]c3ccccc23)CN1. The Morgan fingerprint density at radius 2 is 2.22 bits per heavy atom. The monoisotopic (exact) mass is 312 g/mol. The molecule has 1 radical (unpaired) electrons. The van der Waals surface area contributed by atoms with Crippen molar-refractivity contribution in [3.05, 3.63) is 35.5 Å². The maximum atomic E-state index is 12.5. The lowest BCUT2D eigenvalue weighted by molar-refractivity contribution is -0.123. The van der Waals surface area contributed by atoms with Gasteiger partial charge in [-0.05, 0) is 24.0 Å². The van der Waals surface area contributed by atoms with Crippen molar-refractivity contribution >= 4 is 23.1 Å². The second-order valence-electron chi connectivity index (χ2n) is 6.25. The fourth-order valence-corrected chi connectivity index (χ4v) is 3.10. The molecule has 5 nitrogen and oxygen atoms in total. The summed E-state index contributed by atoms with van der Waals surface area (Å²) in [5.74, 6) is -0.0433. The molecule has 1 amide bonds. The van der Waals surface area contributed by atoms with Crippen LogP contribution in [0.1, 0.15) is 31.5 Å². The molecule has 0 unspecified atom stereocenters. The lowest BCUT2D eigenvalue weighted by atomic mass is 9.96. The van der Waals surface area contributed by atoms with Gasteiger partial charge in [0.1, 0.15) is 0 Å². The summed E-state index contributed by atoms with van der Waals surface area (Å²) in [5, 5.41) is 7.24. The Hall–Kier alpha value is -2.14. The molecular formula is C18H22N3O2. The van der Waals surface area contributed by atoms with Gasteiger partial charge in [-0.2, -0.15) is 0 Å². The highest BCUT2D eigenvalue weighted by atomic mass is 16.2. The number of fused-ring (bicyclic) bond motifs is 3. The fraction of sp³-hybridized carbons (Fsp3) is 0.444. The number of benzene rings is 1. The molecule has 1 aliphatic rings. The maximum absolute atomic E-state index is 12.5. The highest BCUT2D eigenvalue weighted by Gasteiger charge is 2.29. The van der Waals surface area contributed by atoms with Crippen molar-refractivity contribution in [3.8, 4) is 0 Å². The second-order valence-corrected chi connectivity index (χ2v) is 6.25. The molecule has 0 bridgehead atoms. The number of carbonyl (C=O) groups is 1. The predicted molar refractivity (Wildman–Crippen MR) is 89.7 cm³/mol. The fourth-order valence-electron chi connectivity index (χ4n) is 3.10. The summed E-state index contributed by atoms with van der Waals surface area (Å²) in [4.78, 5) is 27.0. The Bertz CT molecular complexity index is 722. The van der Waals surface area contributed by atoms with Gasteiger partial charge < -0.3 is 10.3 Å². The Kier molecular flexibility index (Phi) is 4.48. The molecule has 23 heavy (non-hydrogen) atoms. The smallest absolute Gasteiger partial charge is 0.238 e. The minimum absolute atomic E-state index is 0.0868. The predicted octanol–water partition coefficient (Wildman–Crippen LogP) is 1.82. The number of H-pyrrole nitrogens is 1. The van der Waals surface area contributed by atoms with E-state index in [1.165, 1.54) is 10.9 Å². The second kappa shape index (κ2) is 6.54. The molecule has 0 spiro atoms. The van der Waals surface area contributed by atoms with Gasteiger partial charge in [0.15, 0.2) is 0 Å². The van der Waals surface area contributed by atoms with Crippen LogP contribution in [0.2, 0.25) is 0 Å². The minimum Gasteiger partial charge on any atom is -0.357 e. The van der Waals surface area contributed by atoms with Gasteiger partial charge in [0, 0.05) is 23.1 Å². The van der Waals surface area contributed by atoms with Gasteiger partial charge in [0.05, 0.1) is 12.1 Å². The third kappa shape index (κ3) is 3.01. The van der Waals surface area contributed by atoms with Crippen molar-refractivity contribution in [2.75, 3.05) is 0 Å². The van der Waals surface area contributed by atoms with Crippen molar-refractivity contribution < 1.29 is 9.59 Å². The Labute approximate surface area is 135 Å². The van der Waals surface area contributed by atoms with Crippen molar-refractivity contribution in [2.45, 2.75) is 45.3 Å². The zero-order valence-electron chi connectivity index (χ0n) is 13.5. The normalized spacial score (nSPS) is 19.8. The van der Waals surface area contributed by atoms with Crippen LogP contribution in [0.3, 0.4) is 0 Å². The average molecular weight is 312 g/mol. The van der Waals surface area contributed by atoms with E-state index in [0.29, 0.717) is 13.0 Å². The van der Waals surface area contributed by atoms with E-state index in [0.717, 1.165) is 17.6 Å². The van der Waals surface area contributed by atoms with Crippen molar-refractivity contribution in [3.63, 3.8) is 0 Å². The molecule has 0 saturated carbocycles. The number of hydrogen-bond acceptors (Lipinski definition) is 3. The number of rotatable bonds is 5. The lowest BCUT2D eigenvalue weighted by Gasteiger charge is -2.26. The van der Waals surface area contributed by atoms with E-state index in [4.69, 9.17) is 0 Å². The lowest BCUT2D eigenvalue weighted by Crippen LogP contribution is -2.52. The van der Waals surface area contributed by atoms with Crippen LogP contribution < -0.4 is 10.6 Å². The van der Waals surface area contributed by atoms with Crippen LogP contribution in [-0.4, -0.2) is 29.3 Å². The Morgan fingerprint density at radius 1 is 1.43 bits per heavy atom. The van der Waals surface area contributed by atoms with Crippen LogP contribution in [0, 0.1) is 5.92 Å². The number of carbonyl (C=O) groups excluding carboxylic acids is 2. The number of aromatic amines is 1. The number of nitrogens with one attached hydrogen (secondary N) is 3. The number of para-hydroxylation sites is 1. The molecule has 121 valence electrons. The molecule has 3 rings (SSSR count). The van der Waals surface area contributed by atoms with Crippen LogP contribution in [0.25, 0.3) is 10.9 Å². The summed E-state index contributed by atoms with van der Waals surface area (Å²) in [5.41, 5.74) is 3.42. The van der Waals surface area contributed by atoms with Gasteiger partial charge in [-0.25, -0.2) is 0 Å². The van der Waals surface area contributed by atoms with Crippen LogP contribution in [-0.2, 0) is 22.6 Å². The zero-order chi connectivity index (χ0) is 16.4. The first-order valence-corrected chi connectivity index (χ1v) is 8.14. The van der Waals surface area contributed by atoms with Crippen molar-refractivity contribution in [1.82, 2.24) is 15.6 Å². The summed E-state index contributed by atoms with van der Waals surface area (Å²) in [6.07, 6.45) is 3.40. The third-order valence-corrected chi connectivity index (χ3v) is 4.79. The van der Waals surface area contributed by atoms with Crippen LogP contribution in [0.15, 0.2) is 24.3 Å². The topological polar surface area (TPSA) is 74.0 Å². The Morgan fingerprint density at radius 3 is 2.96 bits per heavy atom.